The Morgan fingerprint density at radius 3 is 2.82 bits per heavy atom. The Balaban J connectivity index is 2.58. The van der Waals surface area contributed by atoms with Gasteiger partial charge in [-0.2, -0.15) is 0 Å². The summed E-state index contributed by atoms with van der Waals surface area (Å²) in [5.41, 5.74) is -0.309. The molecule has 0 saturated heterocycles. The molecule has 0 atom stereocenters. The van der Waals surface area contributed by atoms with E-state index in [0.717, 1.165) is 12.8 Å². The van der Waals surface area contributed by atoms with Crippen molar-refractivity contribution in [1.29, 1.82) is 0 Å². The van der Waals surface area contributed by atoms with Gasteiger partial charge in [0.2, 0.25) is 11.0 Å². The van der Waals surface area contributed by atoms with Crippen molar-refractivity contribution in [3.63, 3.8) is 0 Å². The van der Waals surface area contributed by atoms with Gasteiger partial charge in [0, 0.05) is 13.2 Å². The number of hydrogen-bond acceptors (Lipinski definition) is 6. The molecule has 2 N–H and O–H groups in total. The topological polar surface area (TPSA) is 101 Å². The van der Waals surface area contributed by atoms with Gasteiger partial charge >= 0.3 is 5.69 Å². The van der Waals surface area contributed by atoms with Gasteiger partial charge in [-0.3, -0.25) is 10.1 Å². The molecule has 0 bridgehead atoms. The lowest BCUT2D eigenvalue weighted by Gasteiger charge is -2.05. The van der Waals surface area contributed by atoms with Gasteiger partial charge in [0.25, 0.3) is 0 Å². The Kier molecular flexibility index (Phi) is 5.58. The number of aliphatic hydroxyl groups is 1. The maximum absolute atomic E-state index is 10.7. The largest absolute Gasteiger partial charge is 0.396 e. The highest BCUT2D eigenvalue weighted by atomic mass is 35.5. The van der Waals surface area contributed by atoms with Crippen molar-refractivity contribution >= 4 is 23.1 Å². The number of aliphatic hydroxyl groups excluding tert-OH is 1. The molecule has 1 aromatic heterocycles. The molecule has 1 aromatic rings. The zero-order chi connectivity index (χ0) is 12.7. The number of anilines is 1. The lowest BCUT2D eigenvalue weighted by atomic mass is 10.2. The Morgan fingerprint density at radius 1 is 1.41 bits per heavy atom. The number of rotatable bonds is 7. The number of nitrogens with zero attached hydrogens (tertiary/aromatic N) is 3. The van der Waals surface area contributed by atoms with Crippen molar-refractivity contribution < 1.29 is 10.0 Å². The van der Waals surface area contributed by atoms with Crippen molar-refractivity contribution in [3.05, 3.63) is 21.6 Å². The average molecular weight is 261 g/mol. The summed E-state index contributed by atoms with van der Waals surface area (Å²) in [7, 11) is 0. The standard InChI is InChI=1S/C9H13ClN4O3/c10-8-7(14(16)17)9(13-6-12-8)11-4-2-1-3-5-15/h6,15H,1-5H2,(H,11,12,13). The molecule has 0 aliphatic carbocycles. The second-order valence-corrected chi connectivity index (χ2v) is 3.69. The van der Waals surface area contributed by atoms with E-state index in [9.17, 15) is 10.1 Å². The summed E-state index contributed by atoms with van der Waals surface area (Å²) in [5, 5.41) is 22.0. The first-order valence-electron chi connectivity index (χ1n) is 5.16. The van der Waals surface area contributed by atoms with Crippen LogP contribution in [0.25, 0.3) is 0 Å². The highest BCUT2D eigenvalue weighted by Crippen LogP contribution is 2.28. The first kappa shape index (κ1) is 13.6. The summed E-state index contributed by atoms with van der Waals surface area (Å²) in [6.45, 7) is 0.688. The predicted molar refractivity (Wildman–Crippen MR) is 63.1 cm³/mol. The van der Waals surface area contributed by atoms with E-state index < -0.39 is 4.92 Å². The van der Waals surface area contributed by atoms with Crippen LogP contribution >= 0.6 is 11.6 Å². The molecule has 0 unspecified atom stereocenters. The Hall–Kier alpha value is -1.47. The summed E-state index contributed by atoms with van der Waals surface area (Å²) in [6.07, 6.45) is 3.52. The zero-order valence-electron chi connectivity index (χ0n) is 9.10. The lowest BCUT2D eigenvalue weighted by molar-refractivity contribution is -0.384. The van der Waals surface area contributed by atoms with Crippen molar-refractivity contribution in [2.45, 2.75) is 19.3 Å². The minimum atomic E-state index is -0.613. The van der Waals surface area contributed by atoms with Crippen LogP contribution in [0.3, 0.4) is 0 Å². The van der Waals surface area contributed by atoms with E-state index in [-0.39, 0.29) is 23.3 Å². The summed E-state index contributed by atoms with van der Waals surface area (Å²) >= 11 is 5.62. The van der Waals surface area contributed by atoms with Crippen molar-refractivity contribution in [2.75, 3.05) is 18.5 Å². The van der Waals surface area contributed by atoms with E-state index in [1.165, 1.54) is 6.33 Å². The van der Waals surface area contributed by atoms with E-state index in [2.05, 4.69) is 15.3 Å². The van der Waals surface area contributed by atoms with E-state index in [1.807, 2.05) is 0 Å². The van der Waals surface area contributed by atoms with Crippen LogP contribution in [0.15, 0.2) is 6.33 Å². The van der Waals surface area contributed by atoms with Gasteiger partial charge in [-0.05, 0) is 19.3 Å². The molecule has 0 saturated carbocycles. The van der Waals surface area contributed by atoms with Crippen LogP contribution < -0.4 is 5.32 Å². The fourth-order valence-electron chi connectivity index (χ4n) is 1.27. The van der Waals surface area contributed by atoms with Crippen LogP contribution in [0.2, 0.25) is 5.15 Å². The van der Waals surface area contributed by atoms with Gasteiger partial charge in [0.15, 0.2) is 0 Å². The van der Waals surface area contributed by atoms with E-state index in [1.54, 1.807) is 0 Å². The molecule has 1 rings (SSSR count). The summed E-state index contributed by atoms with van der Waals surface area (Å²) < 4.78 is 0. The Morgan fingerprint density at radius 2 is 2.18 bits per heavy atom. The van der Waals surface area contributed by atoms with Crippen molar-refractivity contribution in [2.24, 2.45) is 0 Å². The number of aromatic nitrogens is 2. The fraction of sp³-hybridized carbons (Fsp3) is 0.556. The number of halogens is 1. The average Bonchev–Trinajstić information content (AvgIpc) is 2.28. The normalized spacial score (nSPS) is 10.2. The van der Waals surface area contributed by atoms with Crippen LogP contribution in [0.5, 0.6) is 0 Å². The molecule has 0 aromatic carbocycles. The smallest absolute Gasteiger partial charge is 0.348 e. The molecular formula is C9H13ClN4O3. The molecule has 0 aliphatic rings. The van der Waals surface area contributed by atoms with Crippen LogP contribution in [-0.4, -0.2) is 33.1 Å². The summed E-state index contributed by atoms with van der Waals surface area (Å²) in [5.74, 6) is 0.124. The summed E-state index contributed by atoms with van der Waals surface area (Å²) in [4.78, 5) is 17.5. The first-order chi connectivity index (χ1) is 8.16. The lowest BCUT2D eigenvalue weighted by Crippen LogP contribution is -2.07. The highest BCUT2D eigenvalue weighted by Gasteiger charge is 2.20. The molecule has 0 spiro atoms. The van der Waals surface area contributed by atoms with Crippen LogP contribution in [0.4, 0.5) is 11.5 Å². The minimum Gasteiger partial charge on any atom is -0.396 e. The van der Waals surface area contributed by atoms with Crippen LogP contribution in [0, 0.1) is 10.1 Å². The van der Waals surface area contributed by atoms with Crippen molar-refractivity contribution in [3.8, 4) is 0 Å². The summed E-state index contributed by atoms with van der Waals surface area (Å²) in [6, 6.07) is 0. The third-order valence-electron chi connectivity index (χ3n) is 2.09. The van der Waals surface area contributed by atoms with Gasteiger partial charge in [-0.15, -0.1) is 0 Å². The maximum atomic E-state index is 10.7. The molecule has 94 valence electrons. The predicted octanol–water partition coefficient (Wildman–Crippen LogP) is 1.61. The second-order valence-electron chi connectivity index (χ2n) is 3.33. The number of nitro groups is 1. The van der Waals surface area contributed by atoms with Gasteiger partial charge in [-0.25, -0.2) is 9.97 Å². The third-order valence-corrected chi connectivity index (χ3v) is 2.36. The molecule has 17 heavy (non-hydrogen) atoms. The SMILES string of the molecule is O=[N+]([O-])c1c(Cl)ncnc1NCCCCCO. The molecule has 0 radical (unpaired) electrons. The fourth-order valence-corrected chi connectivity index (χ4v) is 1.47. The van der Waals surface area contributed by atoms with Crippen LogP contribution in [-0.2, 0) is 0 Å². The van der Waals surface area contributed by atoms with Crippen LogP contribution in [0.1, 0.15) is 19.3 Å². The number of unbranched alkanes of at least 4 members (excludes halogenated alkanes) is 2. The van der Waals surface area contributed by atoms with E-state index in [4.69, 9.17) is 16.7 Å². The van der Waals surface area contributed by atoms with Gasteiger partial charge in [0.1, 0.15) is 6.33 Å². The highest BCUT2D eigenvalue weighted by molar-refractivity contribution is 6.31. The first-order valence-corrected chi connectivity index (χ1v) is 5.54. The number of hydrogen-bond donors (Lipinski definition) is 2. The monoisotopic (exact) mass is 260 g/mol. The van der Waals surface area contributed by atoms with Crippen molar-refractivity contribution in [1.82, 2.24) is 9.97 Å². The number of nitrogens with one attached hydrogen (secondary N) is 1. The molecule has 0 fully saturated rings. The van der Waals surface area contributed by atoms with Gasteiger partial charge in [-0.1, -0.05) is 11.6 Å². The molecule has 7 nitrogen and oxygen atoms in total. The zero-order valence-corrected chi connectivity index (χ0v) is 9.85. The second kappa shape index (κ2) is 6.97. The molecule has 0 aliphatic heterocycles. The quantitative estimate of drug-likeness (QED) is 0.334. The Bertz CT molecular complexity index is 389. The molecule has 8 heteroatoms. The molecular weight excluding hydrogens is 248 g/mol. The molecule has 0 amide bonds. The van der Waals surface area contributed by atoms with Gasteiger partial charge in [0.05, 0.1) is 4.92 Å². The van der Waals surface area contributed by atoms with Gasteiger partial charge < -0.3 is 10.4 Å². The molecule has 1 heterocycles. The van der Waals surface area contributed by atoms with E-state index in [0.29, 0.717) is 13.0 Å². The third kappa shape index (κ3) is 4.12. The maximum Gasteiger partial charge on any atom is 0.348 e. The Labute approximate surface area is 103 Å². The minimum absolute atomic E-state index is 0.124. The van der Waals surface area contributed by atoms with E-state index >= 15 is 0 Å².